The number of halogens is 1. The predicted molar refractivity (Wildman–Crippen MR) is 148 cm³/mol. The molecular weight excluding hydrogens is 522 g/mol. The monoisotopic (exact) mass is 557 g/mol. The number of carbonyl (C=O) groups is 1. The van der Waals surface area contributed by atoms with E-state index in [1.807, 2.05) is 40.0 Å². The van der Waals surface area contributed by atoms with Crippen LogP contribution in [0.15, 0.2) is 22.7 Å². The Kier molecular flexibility index (Phi) is 9.63. The number of carbonyl (C=O) groups excluding carboxylic acids is 1. The van der Waals surface area contributed by atoms with Crippen molar-refractivity contribution in [3.63, 3.8) is 0 Å². The lowest BCUT2D eigenvalue weighted by atomic mass is 10.1. The summed E-state index contributed by atoms with van der Waals surface area (Å²) in [5.41, 5.74) is 3.50. The van der Waals surface area contributed by atoms with Crippen molar-refractivity contribution in [1.29, 1.82) is 0 Å². The Balaban J connectivity index is 1.69. The van der Waals surface area contributed by atoms with Crippen LogP contribution < -0.4 is 14.8 Å². The summed E-state index contributed by atoms with van der Waals surface area (Å²) >= 11 is 6.64. The summed E-state index contributed by atoms with van der Waals surface area (Å²) < 4.78 is 22.9. The van der Waals surface area contributed by atoms with Crippen molar-refractivity contribution in [2.45, 2.75) is 53.0 Å². The first-order valence-electron chi connectivity index (χ1n) is 13.3. The van der Waals surface area contributed by atoms with E-state index >= 15 is 0 Å². The highest BCUT2D eigenvalue weighted by molar-refractivity contribution is 6.33. The maximum Gasteiger partial charge on any atom is 0.410 e. The van der Waals surface area contributed by atoms with Gasteiger partial charge in [0.25, 0.3) is 0 Å². The number of hydrogen-bond donors (Lipinski definition) is 1. The second-order valence-electron chi connectivity index (χ2n) is 9.47. The number of amides is 1. The molecule has 3 aromatic rings. The molecule has 0 radical (unpaired) electrons. The van der Waals surface area contributed by atoms with Gasteiger partial charge < -0.3 is 29.0 Å². The molecule has 210 valence electrons. The molecule has 1 aromatic carbocycles. The van der Waals surface area contributed by atoms with Crippen molar-refractivity contribution in [3.05, 3.63) is 40.2 Å². The minimum Gasteiger partial charge on any atom is -0.494 e. The number of rotatable bonds is 11. The van der Waals surface area contributed by atoms with E-state index in [0.717, 1.165) is 36.9 Å². The quantitative estimate of drug-likeness (QED) is 0.311. The molecule has 3 heterocycles. The highest BCUT2D eigenvalue weighted by atomic mass is 35.5. The van der Waals surface area contributed by atoms with Crippen LogP contribution in [0.5, 0.6) is 11.6 Å². The Morgan fingerprint density at radius 3 is 2.77 bits per heavy atom. The molecule has 2 aromatic heterocycles. The Labute approximate surface area is 234 Å². The summed E-state index contributed by atoms with van der Waals surface area (Å²) in [6.45, 7) is 10.1. The first-order valence-corrected chi connectivity index (χ1v) is 13.7. The van der Waals surface area contributed by atoms with E-state index in [9.17, 15) is 4.79 Å². The zero-order chi connectivity index (χ0) is 27.9. The fraction of sp³-hybridized carbons (Fsp3) is 0.500. The van der Waals surface area contributed by atoms with Crippen LogP contribution >= 0.6 is 11.6 Å². The normalized spacial score (nSPS) is 15.0. The van der Waals surface area contributed by atoms with Crippen LogP contribution in [-0.2, 0) is 4.74 Å². The highest BCUT2D eigenvalue weighted by Gasteiger charge is 2.31. The zero-order valence-electron chi connectivity index (χ0n) is 23.2. The number of hydrogen-bond acceptors (Lipinski definition) is 9. The molecule has 4 rings (SSSR count). The molecule has 1 aliphatic rings. The zero-order valence-corrected chi connectivity index (χ0v) is 23.9. The molecule has 0 spiro atoms. The van der Waals surface area contributed by atoms with Gasteiger partial charge in [0.1, 0.15) is 18.1 Å². The largest absolute Gasteiger partial charge is 0.494 e. The second-order valence-corrected chi connectivity index (χ2v) is 9.88. The van der Waals surface area contributed by atoms with E-state index in [2.05, 4.69) is 10.5 Å². The lowest BCUT2D eigenvalue weighted by Crippen LogP contribution is -2.39. The highest BCUT2D eigenvalue weighted by Crippen LogP contribution is 2.37. The minimum absolute atomic E-state index is 0.109. The SMILES string of the molecule is CCOC(=O)N1CCCC1COc1nc(-c2cc(OCCCNC)ccc2Cl)nc(-c2c(C)noc2C)c1C. The van der Waals surface area contributed by atoms with Crippen LogP contribution in [0.25, 0.3) is 22.6 Å². The number of nitrogens with zero attached hydrogens (tertiary/aromatic N) is 4. The average Bonchev–Trinajstić information content (AvgIpc) is 3.53. The van der Waals surface area contributed by atoms with E-state index in [-0.39, 0.29) is 18.7 Å². The van der Waals surface area contributed by atoms with Crippen molar-refractivity contribution in [2.75, 3.05) is 40.0 Å². The maximum absolute atomic E-state index is 12.4. The lowest BCUT2D eigenvalue weighted by Gasteiger charge is -2.24. The molecule has 1 aliphatic heterocycles. The van der Waals surface area contributed by atoms with Gasteiger partial charge in [-0.05, 0) is 78.7 Å². The van der Waals surface area contributed by atoms with E-state index in [0.29, 0.717) is 64.9 Å². The van der Waals surface area contributed by atoms with Crippen LogP contribution in [0.1, 0.15) is 43.2 Å². The van der Waals surface area contributed by atoms with Crippen LogP contribution in [0, 0.1) is 20.8 Å². The number of aromatic nitrogens is 3. The van der Waals surface area contributed by atoms with Crippen molar-refractivity contribution >= 4 is 17.7 Å². The van der Waals surface area contributed by atoms with Gasteiger partial charge in [-0.3, -0.25) is 0 Å². The van der Waals surface area contributed by atoms with Gasteiger partial charge in [0.05, 0.1) is 41.2 Å². The molecule has 1 atom stereocenters. The maximum atomic E-state index is 12.4. The third kappa shape index (κ3) is 6.62. The average molecular weight is 558 g/mol. The first kappa shape index (κ1) is 28.6. The third-order valence-electron chi connectivity index (χ3n) is 6.68. The van der Waals surface area contributed by atoms with E-state index in [1.165, 1.54) is 0 Å². The van der Waals surface area contributed by atoms with Crippen LogP contribution in [0.3, 0.4) is 0 Å². The molecule has 1 unspecified atom stereocenters. The summed E-state index contributed by atoms with van der Waals surface area (Å²) in [5, 5.41) is 7.72. The molecule has 39 heavy (non-hydrogen) atoms. The molecule has 0 aliphatic carbocycles. The van der Waals surface area contributed by atoms with Gasteiger partial charge >= 0.3 is 6.09 Å². The Hall–Kier alpha value is -3.37. The number of likely N-dealkylation sites (tertiary alicyclic amines) is 1. The number of nitrogens with one attached hydrogen (secondary N) is 1. The summed E-state index contributed by atoms with van der Waals surface area (Å²) in [7, 11) is 1.91. The molecule has 11 heteroatoms. The second kappa shape index (κ2) is 13.1. The molecular formula is C28H36ClN5O5. The third-order valence-corrected chi connectivity index (χ3v) is 7.01. The summed E-state index contributed by atoms with van der Waals surface area (Å²) in [4.78, 5) is 23.8. The topological polar surface area (TPSA) is 112 Å². The van der Waals surface area contributed by atoms with E-state index in [4.69, 9.17) is 40.3 Å². The Morgan fingerprint density at radius 1 is 1.23 bits per heavy atom. The summed E-state index contributed by atoms with van der Waals surface area (Å²) in [6, 6.07) is 5.34. The molecule has 1 amide bonds. The van der Waals surface area contributed by atoms with Crippen molar-refractivity contribution < 1.29 is 23.5 Å². The minimum atomic E-state index is -0.321. The Morgan fingerprint density at radius 2 is 2.05 bits per heavy atom. The van der Waals surface area contributed by atoms with E-state index < -0.39 is 0 Å². The Bertz CT molecular complexity index is 1280. The van der Waals surface area contributed by atoms with Crippen LogP contribution in [0.2, 0.25) is 5.02 Å². The molecule has 0 bridgehead atoms. The van der Waals surface area contributed by atoms with E-state index in [1.54, 1.807) is 17.9 Å². The molecule has 1 fully saturated rings. The van der Waals surface area contributed by atoms with Gasteiger partial charge in [-0.2, -0.15) is 4.98 Å². The summed E-state index contributed by atoms with van der Waals surface area (Å²) in [5.74, 6) is 2.11. The smallest absolute Gasteiger partial charge is 0.410 e. The lowest BCUT2D eigenvalue weighted by molar-refractivity contribution is 0.0910. The van der Waals surface area contributed by atoms with Crippen molar-refractivity contribution in [2.24, 2.45) is 0 Å². The fourth-order valence-electron chi connectivity index (χ4n) is 4.66. The van der Waals surface area contributed by atoms with Gasteiger partial charge in [-0.25, -0.2) is 9.78 Å². The fourth-order valence-corrected chi connectivity index (χ4v) is 4.86. The van der Waals surface area contributed by atoms with Crippen molar-refractivity contribution in [1.82, 2.24) is 25.3 Å². The van der Waals surface area contributed by atoms with Crippen molar-refractivity contribution in [3.8, 4) is 34.3 Å². The number of aryl methyl sites for hydroxylation is 2. The van der Waals surface area contributed by atoms with Gasteiger partial charge in [-0.15, -0.1) is 0 Å². The number of ether oxygens (including phenoxy) is 3. The molecule has 1 saturated heterocycles. The molecule has 10 nitrogen and oxygen atoms in total. The van der Waals surface area contributed by atoms with Crippen LogP contribution in [-0.4, -0.2) is 72.1 Å². The van der Waals surface area contributed by atoms with Gasteiger partial charge in [0.2, 0.25) is 5.88 Å². The number of benzene rings is 1. The van der Waals surface area contributed by atoms with Gasteiger partial charge in [0.15, 0.2) is 5.82 Å². The van der Waals surface area contributed by atoms with Crippen LogP contribution in [0.4, 0.5) is 4.79 Å². The predicted octanol–water partition coefficient (Wildman–Crippen LogP) is 5.37. The standard InChI is InChI=1S/C28H36ClN5O5/c1-6-36-28(35)34-13-7-9-20(34)16-38-27-17(2)25(24-18(3)33-39-19(24)4)31-26(32-27)22-15-21(10-11-23(22)29)37-14-8-12-30-5/h10-11,15,20,30H,6-9,12-14,16H2,1-5H3. The van der Waals surface area contributed by atoms with Gasteiger partial charge in [-0.1, -0.05) is 16.8 Å². The van der Waals surface area contributed by atoms with Gasteiger partial charge in [0, 0.05) is 17.7 Å². The molecule has 0 saturated carbocycles. The summed E-state index contributed by atoms with van der Waals surface area (Å²) in [6.07, 6.45) is 2.26. The first-order chi connectivity index (χ1) is 18.8. The molecule has 1 N–H and O–H groups in total.